The molecule has 1 aromatic heterocycles. The van der Waals surface area contributed by atoms with Gasteiger partial charge in [0, 0.05) is 37.9 Å². The Kier molecular flexibility index (Phi) is 5.43. The van der Waals surface area contributed by atoms with Gasteiger partial charge in [0.25, 0.3) is 0 Å². The second kappa shape index (κ2) is 7.77. The Bertz CT molecular complexity index is 831. The second-order valence-electron chi connectivity index (χ2n) is 7.14. The van der Waals surface area contributed by atoms with Crippen molar-refractivity contribution < 1.29 is 4.92 Å². The smallest absolute Gasteiger partial charge is 0.353 e. The molecule has 1 fully saturated rings. The number of hydrogen-bond acceptors (Lipinski definition) is 7. The minimum Gasteiger partial charge on any atom is -0.368 e. The van der Waals surface area contributed by atoms with E-state index in [-0.39, 0.29) is 17.5 Å². The van der Waals surface area contributed by atoms with Crippen LogP contribution in [-0.4, -0.2) is 47.1 Å². The van der Waals surface area contributed by atoms with E-state index in [4.69, 9.17) is 0 Å². The largest absolute Gasteiger partial charge is 0.368 e. The van der Waals surface area contributed by atoms with Gasteiger partial charge >= 0.3 is 5.69 Å². The van der Waals surface area contributed by atoms with Crippen LogP contribution in [0.2, 0.25) is 0 Å². The lowest BCUT2D eigenvalue weighted by Gasteiger charge is -2.37. The Morgan fingerprint density at radius 3 is 2.41 bits per heavy atom. The molecule has 0 unspecified atom stereocenters. The number of anilines is 3. The molecular weight excluding hydrogens is 344 g/mol. The van der Waals surface area contributed by atoms with Crippen LogP contribution in [0.5, 0.6) is 0 Å². The summed E-state index contributed by atoms with van der Waals surface area (Å²) in [7, 11) is 0. The molecule has 1 saturated heterocycles. The minimum absolute atomic E-state index is 0.0487. The Hall–Kier alpha value is -2.90. The van der Waals surface area contributed by atoms with Gasteiger partial charge < -0.3 is 15.1 Å². The maximum Gasteiger partial charge on any atom is 0.353 e. The average Bonchev–Trinajstić information content (AvgIpc) is 2.63. The van der Waals surface area contributed by atoms with Gasteiger partial charge in [0.1, 0.15) is 6.33 Å². The quantitative estimate of drug-likeness (QED) is 0.639. The van der Waals surface area contributed by atoms with Crippen molar-refractivity contribution in [1.29, 1.82) is 0 Å². The Labute approximate surface area is 159 Å². The number of aryl methyl sites for hydroxylation is 1. The zero-order chi connectivity index (χ0) is 19.6. The van der Waals surface area contributed by atoms with E-state index < -0.39 is 4.92 Å². The first-order valence-corrected chi connectivity index (χ1v) is 9.20. The molecule has 0 amide bonds. The van der Waals surface area contributed by atoms with E-state index in [0.29, 0.717) is 18.9 Å². The molecule has 0 radical (unpaired) electrons. The maximum absolute atomic E-state index is 11.7. The summed E-state index contributed by atoms with van der Waals surface area (Å²) in [5.74, 6) is 0.663. The van der Waals surface area contributed by atoms with Crippen LogP contribution in [0, 0.1) is 24.0 Å². The third-order valence-corrected chi connectivity index (χ3v) is 4.91. The van der Waals surface area contributed by atoms with Crippen molar-refractivity contribution >= 4 is 23.0 Å². The molecule has 8 heteroatoms. The van der Waals surface area contributed by atoms with E-state index in [9.17, 15) is 10.1 Å². The summed E-state index contributed by atoms with van der Waals surface area (Å²) in [5.41, 5.74) is 3.73. The molecule has 1 aliphatic rings. The van der Waals surface area contributed by atoms with Crippen LogP contribution < -0.4 is 15.1 Å². The number of nitro groups is 1. The number of hydrogen-bond donors (Lipinski definition) is 1. The fourth-order valence-corrected chi connectivity index (χ4v) is 3.39. The van der Waals surface area contributed by atoms with Gasteiger partial charge in [-0.15, -0.1) is 0 Å². The molecule has 0 saturated carbocycles. The van der Waals surface area contributed by atoms with Gasteiger partial charge in [-0.1, -0.05) is 12.1 Å². The first kappa shape index (κ1) is 18.9. The number of aromatic nitrogens is 2. The van der Waals surface area contributed by atoms with Gasteiger partial charge in [-0.3, -0.25) is 10.1 Å². The van der Waals surface area contributed by atoms with Crippen molar-refractivity contribution in [2.24, 2.45) is 0 Å². The Morgan fingerprint density at radius 2 is 1.78 bits per heavy atom. The summed E-state index contributed by atoms with van der Waals surface area (Å²) >= 11 is 0. The van der Waals surface area contributed by atoms with E-state index in [1.165, 1.54) is 23.1 Å². The highest BCUT2D eigenvalue weighted by atomic mass is 16.6. The second-order valence-corrected chi connectivity index (χ2v) is 7.14. The summed E-state index contributed by atoms with van der Waals surface area (Å²) in [4.78, 5) is 23.9. The van der Waals surface area contributed by atoms with Gasteiger partial charge in [0.2, 0.25) is 11.6 Å². The predicted octanol–water partition coefficient (Wildman–Crippen LogP) is 3.15. The number of nitrogens with one attached hydrogen (secondary N) is 1. The Balaban J connectivity index is 1.82. The predicted molar refractivity (Wildman–Crippen MR) is 108 cm³/mol. The van der Waals surface area contributed by atoms with Crippen molar-refractivity contribution in [2.75, 3.05) is 41.3 Å². The van der Waals surface area contributed by atoms with Crippen LogP contribution in [0.4, 0.5) is 23.0 Å². The van der Waals surface area contributed by atoms with Crippen molar-refractivity contribution in [3.63, 3.8) is 0 Å². The highest BCUT2D eigenvalue weighted by Gasteiger charge is 2.29. The highest BCUT2D eigenvalue weighted by Crippen LogP contribution is 2.33. The molecule has 2 heterocycles. The zero-order valence-electron chi connectivity index (χ0n) is 16.3. The van der Waals surface area contributed by atoms with Crippen LogP contribution in [-0.2, 0) is 0 Å². The highest BCUT2D eigenvalue weighted by molar-refractivity contribution is 5.71. The summed E-state index contributed by atoms with van der Waals surface area (Å²) < 4.78 is 0. The molecule has 1 N–H and O–H groups in total. The van der Waals surface area contributed by atoms with Crippen LogP contribution in [0.3, 0.4) is 0 Å². The van der Waals surface area contributed by atoms with Crippen molar-refractivity contribution in [3.05, 3.63) is 45.8 Å². The van der Waals surface area contributed by atoms with E-state index in [1.54, 1.807) is 0 Å². The molecule has 3 rings (SSSR count). The molecule has 0 aliphatic carbocycles. The summed E-state index contributed by atoms with van der Waals surface area (Å²) in [6, 6.07) is 6.37. The molecule has 1 aromatic carbocycles. The molecule has 1 aliphatic heterocycles. The monoisotopic (exact) mass is 370 g/mol. The molecule has 144 valence electrons. The zero-order valence-corrected chi connectivity index (χ0v) is 16.3. The van der Waals surface area contributed by atoms with Crippen LogP contribution >= 0.6 is 0 Å². The van der Waals surface area contributed by atoms with Crippen LogP contribution in [0.25, 0.3) is 0 Å². The number of nitrogens with zero attached hydrogens (tertiary/aromatic N) is 5. The molecular formula is C19H26N6O2. The van der Waals surface area contributed by atoms with E-state index in [0.717, 1.165) is 13.1 Å². The molecule has 0 atom stereocenters. The Morgan fingerprint density at radius 1 is 1.11 bits per heavy atom. The fourth-order valence-electron chi connectivity index (χ4n) is 3.39. The first-order valence-electron chi connectivity index (χ1n) is 9.20. The molecule has 2 aromatic rings. The average molecular weight is 370 g/mol. The lowest BCUT2D eigenvalue weighted by atomic mass is 10.1. The van der Waals surface area contributed by atoms with E-state index in [2.05, 4.69) is 52.2 Å². The van der Waals surface area contributed by atoms with Gasteiger partial charge in [-0.05, 0) is 44.9 Å². The molecule has 0 spiro atoms. The summed E-state index contributed by atoms with van der Waals surface area (Å²) in [5, 5.41) is 14.7. The van der Waals surface area contributed by atoms with Crippen LogP contribution in [0.1, 0.15) is 25.0 Å². The van der Waals surface area contributed by atoms with Gasteiger partial charge in [0.05, 0.1) is 4.92 Å². The number of benzene rings is 1. The molecule has 27 heavy (non-hydrogen) atoms. The van der Waals surface area contributed by atoms with Crippen LogP contribution in [0.15, 0.2) is 24.5 Å². The van der Waals surface area contributed by atoms with Crippen molar-refractivity contribution in [1.82, 2.24) is 9.97 Å². The first-order chi connectivity index (χ1) is 12.9. The number of rotatable bonds is 5. The lowest BCUT2D eigenvalue weighted by Crippen LogP contribution is -2.47. The van der Waals surface area contributed by atoms with Gasteiger partial charge in [-0.25, -0.2) is 9.97 Å². The van der Waals surface area contributed by atoms with Crippen molar-refractivity contribution in [3.8, 4) is 0 Å². The topological polar surface area (TPSA) is 87.4 Å². The van der Waals surface area contributed by atoms with Gasteiger partial charge in [-0.2, -0.15) is 0 Å². The fraction of sp³-hybridized carbons (Fsp3) is 0.474. The third kappa shape index (κ3) is 3.94. The van der Waals surface area contributed by atoms with E-state index >= 15 is 0 Å². The third-order valence-electron chi connectivity index (χ3n) is 4.91. The number of piperazine rings is 1. The van der Waals surface area contributed by atoms with Gasteiger partial charge in [0.15, 0.2) is 0 Å². The lowest BCUT2D eigenvalue weighted by molar-refractivity contribution is -0.383. The molecule has 8 nitrogen and oxygen atoms in total. The summed E-state index contributed by atoms with van der Waals surface area (Å²) in [6.07, 6.45) is 1.39. The normalized spacial score (nSPS) is 14.6. The maximum atomic E-state index is 11.7. The van der Waals surface area contributed by atoms with Crippen molar-refractivity contribution in [2.45, 2.75) is 33.7 Å². The summed E-state index contributed by atoms with van der Waals surface area (Å²) in [6.45, 7) is 11.0. The minimum atomic E-state index is -0.392. The SMILES string of the molecule is Cc1cccc(N2CCN(c3ncnc(NC(C)C)c3[N+](=O)[O-])CC2)c1C. The standard InChI is InChI=1S/C19H26N6O2/c1-13(2)22-18-17(25(26)27)19(21-12-20-18)24-10-8-23(9-11-24)16-7-5-6-14(3)15(16)4/h5-7,12-13H,8-11H2,1-4H3,(H,20,21,22). The van der Waals surface area contributed by atoms with E-state index in [1.807, 2.05) is 18.7 Å². The molecule has 0 bridgehead atoms.